The monoisotopic (exact) mass is 448 g/mol. The van der Waals surface area contributed by atoms with Crippen molar-refractivity contribution in [2.45, 2.75) is 59.0 Å². The average Bonchev–Trinajstić information content (AvgIpc) is 3.57. The Morgan fingerprint density at radius 2 is 2.12 bits per heavy atom. The largest absolute Gasteiger partial charge is 0.468 e. The van der Waals surface area contributed by atoms with Crippen LogP contribution in [0.3, 0.4) is 0 Å². The maximum absolute atomic E-state index is 13.0. The number of tetrazole rings is 1. The molecular formula is C24H28N6O3. The van der Waals surface area contributed by atoms with Gasteiger partial charge in [0.1, 0.15) is 5.76 Å². The van der Waals surface area contributed by atoms with Gasteiger partial charge in [-0.2, -0.15) is 0 Å². The first-order valence-electron chi connectivity index (χ1n) is 11.3. The number of hydrogen-bond donors (Lipinski definition) is 1. The highest BCUT2D eigenvalue weighted by Gasteiger charge is 2.21. The summed E-state index contributed by atoms with van der Waals surface area (Å²) in [6.45, 7) is 6.95. The summed E-state index contributed by atoms with van der Waals surface area (Å²) in [4.78, 5) is 18.2. The van der Waals surface area contributed by atoms with Gasteiger partial charge in [-0.3, -0.25) is 9.69 Å². The summed E-state index contributed by atoms with van der Waals surface area (Å²) in [6.07, 6.45) is 3.88. The van der Waals surface area contributed by atoms with Gasteiger partial charge in [-0.1, -0.05) is 12.1 Å². The minimum Gasteiger partial charge on any atom is -0.468 e. The standard InChI is InChI=1S/C24H28N6O3/c1-16-7-8-18-11-19(24(31)25-23(18)17(16)2)12-29(13-20-5-3-9-32-20)15-22-26-27-28-30(22)14-21-6-4-10-33-21/h3,5,7-9,11,21H,4,6,10,12-15H2,1-2H3,(H,25,31). The molecule has 1 fully saturated rings. The molecule has 4 heterocycles. The van der Waals surface area contributed by atoms with Gasteiger partial charge in [0, 0.05) is 18.7 Å². The van der Waals surface area contributed by atoms with Crippen molar-refractivity contribution in [1.82, 2.24) is 30.1 Å². The van der Waals surface area contributed by atoms with Crippen LogP contribution in [0.4, 0.5) is 0 Å². The highest BCUT2D eigenvalue weighted by molar-refractivity contribution is 5.83. The lowest BCUT2D eigenvalue weighted by Crippen LogP contribution is -2.28. The molecule has 0 aliphatic carbocycles. The number of fused-ring (bicyclic) bond motifs is 1. The van der Waals surface area contributed by atoms with Crippen LogP contribution < -0.4 is 5.56 Å². The molecule has 0 saturated carbocycles. The van der Waals surface area contributed by atoms with Crippen molar-refractivity contribution >= 4 is 10.9 Å². The van der Waals surface area contributed by atoms with E-state index in [1.807, 2.05) is 36.7 Å². The van der Waals surface area contributed by atoms with Crippen LogP contribution in [0.5, 0.6) is 0 Å². The summed E-state index contributed by atoms with van der Waals surface area (Å²) < 4.78 is 13.1. The zero-order chi connectivity index (χ0) is 22.8. The van der Waals surface area contributed by atoms with Crippen molar-refractivity contribution in [2.24, 2.45) is 0 Å². The molecule has 5 rings (SSSR count). The highest BCUT2D eigenvalue weighted by Crippen LogP contribution is 2.20. The second-order valence-electron chi connectivity index (χ2n) is 8.73. The highest BCUT2D eigenvalue weighted by atomic mass is 16.5. The van der Waals surface area contributed by atoms with Crippen molar-refractivity contribution in [3.63, 3.8) is 0 Å². The number of nitrogens with one attached hydrogen (secondary N) is 1. The predicted octanol–water partition coefficient (Wildman–Crippen LogP) is 3.11. The van der Waals surface area contributed by atoms with Gasteiger partial charge in [-0.15, -0.1) is 5.10 Å². The molecule has 1 aliphatic rings. The minimum absolute atomic E-state index is 0.0837. The molecule has 0 bridgehead atoms. The molecule has 4 aromatic rings. The van der Waals surface area contributed by atoms with Crippen molar-refractivity contribution in [3.8, 4) is 0 Å². The second-order valence-corrected chi connectivity index (χ2v) is 8.73. The van der Waals surface area contributed by atoms with Crippen LogP contribution in [0.15, 0.2) is 45.8 Å². The SMILES string of the molecule is Cc1ccc2cc(CN(Cc3ccco3)Cc3nnnn3CC3CCCO3)c(=O)[nH]c2c1C. The van der Waals surface area contributed by atoms with Gasteiger partial charge >= 0.3 is 0 Å². The number of hydrogen-bond acceptors (Lipinski definition) is 7. The first kappa shape index (κ1) is 21.5. The third-order valence-electron chi connectivity index (χ3n) is 6.35. The normalized spacial score (nSPS) is 16.3. The smallest absolute Gasteiger partial charge is 0.252 e. The van der Waals surface area contributed by atoms with E-state index >= 15 is 0 Å². The van der Waals surface area contributed by atoms with Crippen molar-refractivity contribution in [2.75, 3.05) is 6.61 Å². The molecule has 0 radical (unpaired) electrons. The lowest BCUT2D eigenvalue weighted by Gasteiger charge is -2.21. The quantitative estimate of drug-likeness (QED) is 0.442. The van der Waals surface area contributed by atoms with Gasteiger partial charge in [-0.25, -0.2) is 4.68 Å². The third kappa shape index (κ3) is 4.74. The summed E-state index contributed by atoms with van der Waals surface area (Å²) in [5, 5.41) is 13.3. The maximum atomic E-state index is 13.0. The Morgan fingerprint density at radius 3 is 2.91 bits per heavy atom. The number of ether oxygens (including phenoxy) is 1. The summed E-state index contributed by atoms with van der Waals surface area (Å²) in [7, 11) is 0. The second kappa shape index (κ2) is 9.29. The number of furan rings is 1. The van der Waals surface area contributed by atoms with E-state index in [4.69, 9.17) is 9.15 Å². The zero-order valence-corrected chi connectivity index (χ0v) is 19.0. The van der Waals surface area contributed by atoms with Gasteiger partial charge < -0.3 is 14.1 Å². The number of benzene rings is 1. The molecule has 9 heteroatoms. The van der Waals surface area contributed by atoms with Gasteiger partial charge in [0.25, 0.3) is 5.56 Å². The van der Waals surface area contributed by atoms with Crippen LogP contribution >= 0.6 is 0 Å². The van der Waals surface area contributed by atoms with E-state index in [-0.39, 0.29) is 11.7 Å². The van der Waals surface area contributed by atoms with Crippen LogP contribution in [-0.4, -0.2) is 42.8 Å². The van der Waals surface area contributed by atoms with Gasteiger partial charge in [0.05, 0.1) is 37.5 Å². The minimum atomic E-state index is -0.0837. The Kier molecular flexibility index (Phi) is 6.06. The molecule has 9 nitrogen and oxygen atoms in total. The molecule has 172 valence electrons. The molecule has 0 amide bonds. The van der Waals surface area contributed by atoms with Crippen molar-refractivity contribution in [3.05, 3.63) is 75.2 Å². The summed E-state index contributed by atoms with van der Waals surface area (Å²) in [5.41, 5.74) is 3.75. The Balaban J connectivity index is 1.42. The van der Waals surface area contributed by atoms with Gasteiger partial charge in [0.15, 0.2) is 5.82 Å². The molecule has 1 saturated heterocycles. The number of aromatic amines is 1. The molecule has 1 aliphatic heterocycles. The molecule has 1 unspecified atom stereocenters. The first-order valence-corrected chi connectivity index (χ1v) is 11.3. The fourth-order valence-corrected chi connectivity index (χ4v) is 4.38. The lowest BCUT2D eigenvalue weighted by atomic mass is 10.0. The van der Waals surface area contributed by atoms with E-state index in [0.717, 1.165) is 53.1 Å². The lowest BCUT2D eigenvalue weighted by molar-refractivity contribution is 0.0913. The number of aryl methyl sites for hydroxylation is 2. The van der Waals surface area contributed by atoms with E-state index in [0.29, 0.717) is 31.7 Å². The molecule has 1 aromatic carbocycles. The molecule has 0 spiro atoms. The number of H-pyrrole nitrogens is 1. The molecule has 33 heavy (non-hydrogen) atoms. The number of nitrogens with zero attached hydrogens (tertiary/aromatic N) is 5. The topological polar surface area (TPSA) is 102 Å². The fraction of sp³-hybridized carbons (Fsp3) is 0.417. The van der Waals surface area contributed by atoms with E-state index in [2.05, 4.69) is 37.5 Å². The molecule has 1 N–H and O–H groups in total. The van der Waals surface area contributed by atoms with E-state index in [1.165, 1.54) is 0 Å². The number of aromatic nitrogens is 5. The third-order valence-corrected chi connectivity index (χ3v) is 6.35. The Hall–Kier alpha value is -3.30. The Bertz CT molecular complexity index is 1290. The van der Waals surface area contributed by atoms with Crippen LogP contribution in [-0.2, 0) is 30.9 Å². The molecular weight excluding hydrogens is 420 g/mol. The van der Waals surface area contributed by atoms with E-state index < -0.39 is 0 Å². The summed E-state index contributed by atoms with van der Waals surface area (Å²) in [5.74, 6) is 1.55. The van der Waals surface area contributed by atoms with E-state index in [1.54, 1.807) is 6.26 Å². The van der Waals surface area contributed by atoms with Crippen LogP contribution in [0.1, 0.15) is 41.1 Å². The first-order chi connectivity index (χ1) is 16.1. The van der Waals surface area contributed by atoms with Crippen molar-refractivity contribution in [1.29, 1.82) is 0 Å². The zero-order valence-electron chi connectivity index (χ0n) is 19.0. The van der Waals surface area contributed by atoms with Crippen LogP contribution in [0.2, 0.25) is 0 Å². The Morgan fingerprint density at radius 1 is 1.21 bits per heavy atom. The average molecular weight is 449 g/mol. The van der Waals surface area contributed by atoms with Gasteiger partial charge in [-0.05, 0) is 71.8 Å². The molecule has 1 atom stereocenters. The van der Waals surface area contributed by atoms with E-state index in [9.17, 15) is 4.79 Å². The Labute approximate surface area is 191 Å². The number of rotatable bonds is 8. The van der Waals surface area contributed by atoms with Gasteiger partial charge in [0.2, 0.25) is 0 Å². The number of pyridine rings is 1. The fourth-order valence-electron chi connectivity index (χ4n) is 4.38. The molecule has 3 aromatic heterocycles. The predicted molar refractivity (Wildman–Crippen MR) is 122 cm³/mol. The van der Waals surface area contributed by atoms with Crippen molar-refractivity contribution < 1.29 is 9.15 Å². The van der Waals surface area contributed by atoms with Crippen LogP contribution in [0, 0.1) is 13.8 Å². The summed E-state index contributed by atoms with van der Waals surface area (Å²) >= 11 is 0. The maximum Gasteiger partial charge on any atom is 0.252 e. The van der Waals surface area contributed by atoms with Crippen LogP contribution in [0.25, 0.3) is 10.9 Å². The summed E-state index contributed by atoms with van der Waals surface area (Å²) in [6, 6.07) is 9.91.